The molecule has 1 aliphatic heterocycles. The second kappa shape index (κ2) is 4.84. The maximum Gasteiger partial charge on any atom is 0.265 e. The first kappa shape index (κ1) is 11.4. The summed E-state index contributed by atoms with van der Waals surface area (Å²) in [5, 5.41) is 1.22. The van der Waals surface area contributed by atoms with Crippen molar-refractivity contribution in [2.24, 2.45) is 0 Å². The molecule has 0 spiro atoms. The Morgan fingerprint density at radius 1 is 1.73 bits per heavy atom. The number of H-pyrrole nitrogens is 1. The number of nitrogens with one attached hydrogen (secondary N) is 1. The van der Waals surface area contributed by atoms with Crippen LogP contribution in [0, 0.1) is 3.57 Å². The zero-order valence-electron chi connectivity index (χ0n) is 8.20. The maximum absolute atomic E-state index is 11.3. The molecule has 1 saturated heterocycles. The van der Waals surface area contributed by atoms with Crippen molar-refractivity contribution in [2.75, 3.05) is 6.61 Å². The highest BCUT2D eigenvalue weighted by Crippen LogP contribution is 2.32. The van der Waals surface area contributed by atoms with Crippen LogP contribution in [0.2, 0.25) is 0 Å². The summed E-state index contributed by atoms with van der Waals surface area (Å²) >= 11 is 3.67. The van der Waals surface area contributed by atoms with Gasteiger partial charge in [0.15, 0.2) is 0 Å². The van der Waals surface area contributed by atoms with Crippen LogP contribution in [0.1, 0.15) is 13.3 Å². The standard InChI is InChI=1S/C9H11IN2O2S/c1-5-6(2-3-14-5)15-9-7(10)8(13)11-4-12-9/h4-6H,2-3H2,1H3,(H,11,12,13). The molecule has 1 fully saturated rings. The van der Waals surface area contributed by atoms with Crippen LogP contribution in [-0.4, -0.2) is 27.9 Å². The van der Waals surface area contributed by atoms with E-state index in [1.165, 1.54) is 6.33 Å². The monoisotopic (exact) mass is 338 g/mol. The quantitative estimate of drug-likeness (QED) is 0.658. The van der Waals surface area contributed by atoms with Gasteiger partial charge in [-0.1, -0.05) is 11.8 Å². The summed E-state index contributed by atoms with van der Waals surface area (Å²) in [6.07, 6.45) is 2.72. The number of aromatic amines is 1. The Hall–Kier alpha value is -0.0800. The van der Waals surface area contributed by atoms with Gasteiger partial charge in [0.25, 0.3) is 5.56 Å². The third kappa shape index (κ3) is 2.54. The Kier molecular flexibility index (Phi) is 3.68. The van der Waals surface area contributed by atoms with E-state index in [0.717, 1.165) is 18.1 Å². The molecule has 1 N–H and O–H groups in total. The molecule has 2 heterocycles. The van der Waals surface area contributed by atoms with E-state index >= 15 is 0 Å². The minimum absolute atomic E-state index is 0.0698. The van der Waals surface area contributed by atoms with Gasteiger partial charge < -0.3 is 9.72 Å². The van der Waals surface area contributed by atoms with Gasteiger partial charge in [-0.05, 0) is 35.9 Å². The van der Waals surface area contributed by atoms with Crippen molar-refractivity contribution in [1.82, 2.24) is 9.97 Å². The molecule has 0 amide bonds. The number of aromatic nitrogens is 2. The largest absolute Gasteiger partial charge is 0.377 e. The molecule has 0 bridgehead atoms. The van der Waals surface area contributed by atoms with Gasteiger partial charge in [0.05, 0.1) is 12.4 Å². The molecule has 15 heavy (non-hydrogen) atoms. The summed E-state index contributed by atoms with van der Waals surface area (Å²) in [5.41, 5.74) is -0.0698. The van der Waals surface area contributed by atoms with E-state index in [2.05, 4.69) is 16.9 Å². The molecule has 1 aromatic rings. The van der Waals surface area contributed by atoms with Gasteiger partial charge in [0, 0.05) is 11.9 Å². The molecule has 0 radical (unpaired) electrons. The van der Waals surface area contributed by atoms with Gasteiger partial charge in [-0.25, -0.2) is 4.98 Å². The van der Waals surface area contributed by atoms with Crippen molar-refractivity contribution in [3.63, 3.8) is 0 Å². The zero-order chi connectivity index (χ0) is 10.8. The van der Waals surface area contributed by atoms with E-state index in [-0.39, 0.29) is 11.7 Å². The molecule has 1 aliphatic rings. The summed E-state index contributed by atoms with van der Waals surface area (Å²) in [5.74, 6) is 0. The highest BCUT2D eigenvalue weighted by molar-refractivity contribution is 14.1. The van der Waals surface area contributed by atoms with Crippen molar-refractivity contribution in [3.05, 3.63) is 20.3 Å². The number of nitrogens with zero attached hydrogens (tertiary/aromatic N) is 1. The van der Waals surface area contributed by atoms with Gasteiger partial charge in [0.1, 0.15) is 8.60 Å². The fourth-order valence-corrected chi connectivity index (χ4v) is 3.22. The summed E-state index contributed by atoms with van der Waals surface area (Å²) in [4.78, 5) is 18.1. The molecule has 1 aromatic heterocycles. The van der Waals surface area contributed by atoms with Crippen LogP contribution in [0.4, 0.5) is 0 Å². The van der Waals surface area contributed by atoms with E-state index in [0.29, 0.717) is 8.82 Å². The third-order valence-electron chi connectivity index (χ3n) is 2.33. The van der Waals surface area contributed by atoms with E-state index in [9.17, 15) is 4.79 Å². The Morgan fingerprint density at radius 3 is 3.20 bits per heavy atom. The topological polar surface area (TPSA) is 55.0 Å². The number of thioether (sulfide) groups is 1. The van der Waals surface area contributed by atoms with Crippen molar-refractivity contribution in [3.8, 4) is 0 Å². The normalized spacial score (nSPS) is 25.7. The Balaban J connectivity index is 2.17. The smallest absolute Gasteiger partial charge is 0.265 e. The zero-order valence-corrected chi connectivity index (χ0v) is 11.2. The van der Waals surface area contributed by atoms with Crippen LogP contribution in [0.3, 0.4) is 0 Å². The minimum Gasteiger partial charge on any atom is -0.377 e. The number of hydrogen-bond donors (Lipinski definition) is 1. The average molecular weight is 338 g/mol. The molecule has 82 valence electrons. The molecule has 0 aromatic carbocycles. The summed E-state index contributed by atoms with van der Waals surface area (Å²) in [6.45, 7) is 2.86. The predicted molar refractivity (Wildman–Crippen MR) is 67.3 cm³/mol. The van der Waals surface area contributed by atoms with Crippen molar-refractivity contribution < 1.29 is 4.74 Å². The summed E-state index contributed by atoms with van der Waals surface area (Å²) in [6, 6.07) is 0. The fourth-order valence-electron chi connectivity index (χ4n) is 1.46. The number of halogens is 1. The van der Waals surface area contributed by atoms with Gasteiger partial charge in [-0.2, -0.15) is 0 Å². The maximum atomic E-state index is 11.3. The number of rotatable bonds is 2. The second-order valence-corrected chi connectivity index (χ2v) is 5.68. The third-order valence-corrected chi connectivity index (χ3v) is 5.16. The lowest BCUT2D eigenvalue weighted by molar-refractivity contribution is 0.127. The molecule has 2 rings (SSSR count). The lowest BCUT2D eigenvalue weighted by Gasteiger charge is -2.12. The molecular weight excluding hydrogens is 327 g/mol. The first-order chi connectivity index (χ1) is 7.18. The van der Waals surface area contributed by atoms with Crippen LogP contribution < -0.4 is 5.56 Å². The minimum atomic E-state index is -0.0698. The van der Waals surface area contributed by atoms with Crippen LogP contribution in [0.5, 0.6) is 0 Å². The molecule has 2 atom stereocenters. The SMILES string of the molecule is CC1OCCC1Sc1nc[nH]c(=O)c1I. The molecular formula is C9H11IN2O2S. The average Bonchev–Trinajstić information content (AvgIpc) is 2.60. The molecule has 0 saturated carbocycles. The molecule has 4 nitrogen and oxygen atoms in total. The Labute approximate surface area is 105 Å². The Morgan fingerprint density at radius 2 is 2.53 bits per heavy atom. The van der Waals surface area contributed by atoms with E-state index in [1.807, 2.05) is 22.6 Å². The predicted octanol–water partition coefficient (Wildman–Crippen LogP) is 1.64. The number of ether oxygens (including phenoxy) is 1. The van der Waals surface area contributed by atoms with Gasteiger partial charge in [-0.15, -0.1) is 0 Å². The van der Waals surface area contributed by atoms with E-state index in [1.54, 1.807) is 11.8 Å². The van der Waals surface area contributed by atoms with Crippen LogP contribution in [0.15, 0.2) is 16.1 Å². The van der Waals surface area contributed by atoms with Gasteiger partial charge >= 0.3 is 0 Å². The summed E-state index contributed by atoms with van der Waals surface area (Å²) in [7, 11) is 0. The highest BCUT2D eigenvalue weighted by atomic mass is 127. The van der Waals surface area contributed by atoms with E-state index in [4.69, 9.17) is 4.74 Å². The lowest BCUT2D eigenvalue weighted by atomic mass is 10.3. The fraction of sp³-hybridized carbons (Fsp3) is 0.556. The number of hydrogen-bond acceptors (Lipinski definition) is 4. The van der Waals surface area contributed by atoms with Gasteiger partial charge in [0.2, 0.25) is 0 Å². The van der Waals surface area contributed by atoms with Crippen LogP contribution >= 0.6 is 34.4 Å². The van der Waals surface area contributed by atoms with Crippen LogP contribution in [0.25, 0.3) is 0 Å². The summed E-state index contributed by atoms with van der Waals surface area (Å²) < 4.78 is 6.14. The van der Waals surface area contributed by atoms with E-state index < -0.39 is 0 Å². The first-order valence-corrected chi connectivity index (χ1v) is 6.66. The Bertz CT molecular complexity index is 409. The molecule has 6 heteroatoms. The molecule has 0 aliphatic carbocycles. The van der Waals surface area contributed by atoms with Crippen molar-refractivity contribution in [2.45, 2.75) is 29.7 Å². The highest BCUT2D eigenvalue weighted by Gasteiger charge is 2.26. The molecule has 2 unspecified atom stereocenters. The van der Waals surface area contributed by atoms with Crippen LogP contribution in [-0.2, 0) is 4.74 Å². The van der Waals surface area contributed by atoms with Crippen molar-refractivity contribution >= 4 is 34.4 Å². The van der Waals surface area contributed by atoms with Crippen molar-refractivity contribution in [1.29, 1.82) is 0 Å². The lowest BCUT2D eigenvalue weighted by Crippen LogP contribution is -2.16. The van der Waals surface area contributed by atoms with Gasteiger partial charge in [-0.3, -0.25) is 4.79 Å². The first-order valence-electron chi connectivity index (χ1n) is 4.70. The second-order valence-electron chi connectivity index (χ2n) is 3.37.